The molecule has 0 unspecified atom stereocenters. The summed E-state index contributed by atoms with van der Waals surface area (Å²) in [5, 5.41) is 0. The van der Waals surface area contributed by atoms with Gasteiger partial charge in [-0.15, -0.1) is 0 Å². The summed E-state index contributed by atoms with van der Waals surface area (Å²) in [6, 6.07) is 9.93. The van der Waals surface area contributed by atoms with Crippen molar-refractivity contribution in [3.05, 3.63) is 35.9 Å². The Kier molecular flexibility index (Phi) is 2.59. The molecule has 0 bridgehead atoms. The Morgan fingerprint density at radius 1 is 1.11 bits per heavy atom. The molecular formula is C8H5I. The van der Waals surface area contributed by atoms with Crippen LogP contribution in [0.1, 0.15) is 5.56 Å². The molecule has 0 aliphatic carbocycles. The Balaban J connectivity index is 2.94. The summed E-state index contributed by atoms with van der Waals surface area (Å²) in [5.41, 5.74) is 1.08. The highest BCUT2D eigenvalue weighted by molar-refractivity contribution is 14.1. The van der Waals surface area contributed by atoms with Gasteiger partial charge in [0.2, 0.25) is 0 Å². The van der Waals surface area contributed by atoms with Crippen LogP contribution in [-0.4, -0.2) is 0 Å². The molecule has 1 heteroatoms. The second-order valence-electron chi connectivity index (χ2n) is 1.59. The Bertz CT molecular complexity index is 228. The largest absolute Gasteiger partial charge is 0.0622 e. The van der Waals surface area contributed by atoms with E-state index >= 15 is 0 Å². The van der Waals surface area contributed by atoms with Gasteiger partial charge in [0.25, 0.3) is 0 Å². The summed E-state index contributed by atoms with van der Waals surface area (Å²) in [5.74, 6) is 2.94. The molecular weight excluding hydrogens is 223 g/mol. The number of hydrogen-bond acceptors (Lipinski definition) is 0. The average Bonchev–Trinajstić information content (AvgIpc) is 1.91. The quantitative estimate of drug-likeness (QED) is 0.472. The number of hydrogen-bond donors (Lipinski definition) is 0. The fraction of sp³-hybridized carbons (Fsp3) is 0. The van der Waals surface area contributed by atoms with Gasteiger partial charge in [0, 0.05) is 28.2 Å². The van der Waals surface area contributed by atoms with E-state index in [0.717, 1.165) is 5.56 Å². The maximum atomic E-state index is 2.94. The van der Waals surface area contributed by atoms with Gasteiger partial charge in [-0.1, -0.05) is 24.1 Å². The van der Waals surface area contributed by atoms with E-state index < -0.39 is 0 Å². The summed E-state index contributed by atoms with van der Waals surface area (Å²) in [6.45, 7) is 0. The normalized spacial score (nSPS) is 7.67. The van der Waals surface area contributed by atoms with Crippen LogP contribution >= 0.6 is 22.6 Å². The van der Waals surface area contributed by atoms with E-state index in [1.807, 2.05) is 52.9 Å². The van der Waals surface area contributed by atoms with Gasteiger partial charge in [-0.2, -0.15) is 0 Å². The van der Waals surface area contributed by atoms with E-state index in [4.69, 9.17) is 0 Å². The molecule has 0 spiro atoms. The van der Waals surface area contributed by atoms with Gasteiger partial charge >= 0.3 is 0 Å². The van der Waals surface area contributed by atoms with E-state index in [1.165, 1.54) is 0 Å². The lowest BCUT2D eigenvalue weighted by atomic mass is 10.2. The summed E-state index contributed by atoms with van der Waals surface area (Å²) >= 11 is 2.03. The molecule has 0 heterocycles. The van der Waals surface area contributed by atoms with Crippen molar-refractivity contribution in [2.45, 2.75) is 0 Å². The maximum Gasteiger partial charge on any atom is 0.0253 e. The predicted octanol–water partition coefficient (Wildman–Crippen LogP) is 2.43. The maximum absolute atomic E-state index is 2.94. The third-order valence-corrected chi connectivity index (χ3v) is 1.24. The minimum Gasteiger partial charge on any atom is -0.0622 e. The molecule has 9 heavy (non-hydrogen) atoms. The molecule has 0 amide bonds. The smallest absolute Gasteiger partial charge is 0.0253 e. The van der Waals surface area contributed by atoms with Crippen LogP contribution in [0.25, 0.3) is 0 Å². The molecule has 1 aromatic rings. The standard InChI is InChI=1S/C8H5I/c9-7-6-8-4-2-1-3-5-8/h1-5H. The van der Waals surface area contributed by atoms with Gasteiger partial charge in [-0.3, -0.25) is 0 Å². The van der Waals surface area contributed by atoms with Crippen molar-refractivity contribution in [1.82, 2.24) is 0 Å². The second kappa shape index (κ2) is 3.52. The van der Waals surface area contributed by atoms with Gasteiger partial charge in [0.15, 0.2) is 0 Å². The molecule has 0 nitrogen and oxygen atoms in total. The van der Waals surface area contributed by atoms with Crippen molar-refractivity contribution in [2.75, 3.05) is 0 Å². The first-order valence-electron chi connectivity index (χ1n) is 2.60. The highest BCUT2D eigenvalue weighted by Gasteiger charge is 1.77. The minimum absolute atomic E-state index is 1.08. The molecule has 0 aliphatic rings. The number of rotatable bonds is 0. The molecule has 0 fully saturated rings. The molecule has 44 valence electrons. The first-order chi connectivity index (χ1) is 4.43. The summed E-state index contributed by atoms with van der Waals surface area (Å²) in [7, 11) is 0. The lowest BCUT2D eigenvalue weighted by molar-refractivity contribution is 1.65. The van der Waals surface area contributed by atoms with Gasteiger partial charge < -0.3 is 0 Å². The molecule has 1 aromatic carbocycles. The molecule has 0 atom stereocenters. The lowest BCUT2D eigenvalue weighted by Gasteiger charge is -1.83. The molecule has 0 saturated carbocycles. The predicted molar refractivity (Wildman–Crippen MR) is 47.3 cm³/mol. The van der Waals surface area contributed by atoms with Crippen LogP contribution in [0.3, 0.4) is 0 Å². The number of benzene rings is 1. The van der Waals surface area contributed by atoms with Gasteiger partial charge in [0.1, 0.15) is 0 Å². The van der Waals surface area contributed by atoms with Crippen molar-refractivity contribution in [1.29, 1.82) is 0 Å². The van der Waals surface area contributed by atoms with Crippen LogP contribution in [0, 0.1) is 9.85 Å². The van der Waals surface area contributed by atoms with Crippen LogP contribution in [0.5, 0.6) is 0 Å². The first kappa shape index (κ1) is 6.63. The zero-order valence-corrected chi connectivity index (χ0v) is 6.92. The van der Waals surface area contributed by atoms with Gasteiger partial charge in [-0.05, 0) is 16.1 Å². The Hall–Kier alpha value is -0.490. The minimum atomic E-state index is 1.08. The van der Waals surface area contributed by atoms with Crippen molar-refractivity contribution in [3.63, 3.8) is 0 Å². The van der Waals surface area contributed by atoms with Crippen molar-refractivity contribution < 1.29 is 0 Å². The fourth-order valence-electron chi connectivity index (χ4n) is 0.576. The van der Waals surface area contributed by atoms with Crippen molar-refractivity contribution >= 4 is 22.6 Å². The first-order valence-corrected chi connectivity index (χ1v) is 3.68. The van der Waals surface area contributed by atoms with Crippen LogP contribution in [0.15, 0.2) is 30.3 Å². The zero-order valence-electron chi connectivity index (χ0n) is 4.76. The average molecular weight is 228 g/mol. The molecule has 0 N–H and O–H groups in total. The zero-order chi connectivity index (χ0) is 6.53. The van der Waals surface area contributed by atoms with E-state index in [9.17, 15) is 0 Å². The highest BCUT2D eigenvalue weighted by Crippen LogP contribution is 1.94. The molecule has 0 aliphatic heterocycles. The Morgan fingerprint density at radius 2 is 1.78 bits per heavy atom. The van der Waals surface area contributed by atoms with Crippen molar-refractivity contribution in [2.24, 2.45) is 0 Å². The fourth-order valence-corrected chi connectivity index (χ4v) is 0.887. The van der Waals surface area contributed by atoms with Crippen LogP contribution in [-0.2, 0) is 0 Å². The summed E-state index contributed by atoms with van der Waals surface area (Å²) in [4.78, 5) is 0. The molecule has 0 aromatic heterocycles. The van der Waals surface area contributed by atoms with E-state index in [1.54, 1.807) is 0 Å². The SMILES string of the molecule is IC#Cc1ccccc1. The molecule has 0 saturated heterocycles. The highest BCUT2D eigenvalue weighted by atomic mass is 127. The van der Waals surface area contributed by atoms with Crippen LogP contribution < -0.4 is 0 Å². The van der Waals surface area contributed by atoms with Crippen LogP contribution in [0.2, 0.25) is 0 Å². The Morgan fingerprint density at radius 3 is 2.33 bits per heavy atom. The summed E-state index contributed by atoms with van der Waals surface area (Å²) < 4.78 is 2.80. The monoisotopic (exact) mass is 228 g/mol. The molecule has 1 rings (SSSR count). The van der Waals surface area contributed by atoms with E-state index in [-0.39, 0.29) is 0 Å². The third kappa shape index (κ3) is 2.06. The van der Waals surface area contributed by atoms with Gasteiger partial charge in [-0.25, -0.2) is 0 Å². The van der Waals surface area contributed by atoms with Crippen molar-refractivity contribution in [3.8, 4) is 9.85 Å². The lowest BCUT2D eigenvalue weighted by Crippen LogP contribution is -1.67. The Labute approximate surface area is 68.4 Å². The molecule has 0 radical (unpaired) electrons. The summed E-state index contributed by atoms with van der Waals surface area (Å²) in [6.07, 6.45) is 0. The topological polar surface area (TPSA) is 0 Å². The van der Waals surface area contributed by atoms with E-state index in [2.05, 4.69) is 9.85 Å². The third-order valence-electron chi connectivity index (χ3n) is 0.965. The second-order valence-corrected chi connectivity index (χ2v) is 2.12. The van der Waals surface area contributed by atoms with E-state index in [0.29, 0.717) is 0 Å². The number of halogens is 1. The van der Waals surface area contributed by atoms with Crippen LogP contribution in [0.4, 0.5) is 0 Å². The van der Waals surface area contributed by atoms with Gasteiger partial charge in [0.05, 0.1) is 0 Å².